The molecule has 0 unspecified atom stereocenters. The molecule has 3 aromatic heterocycles. The van der Waals surface area contributed by atoms with Crippen LogP contribution < -0.4 is 9.80 Å². The molecule has 0 aliphatic carbocycles. The van der Waals surface area contributed by atoms with Gasteiger partial charge in [-0.05, 0) is 11.4 Å². The number of nitrogens with one attached hydrogen (secondary N) is 1. The Balaban J connectivity index is 1.30. The van der Waals surface area contributed by atoms with Crippen LogP contribution in [0.25, 0.3) is 20.7 Å². The molecule has 0 spiro atoms. The first-order valence-corrected chi connectivity index (χ1v) is 13.1. The lowest BCUT2D eigenvalue weighted by Gasteiger charge is -2.37. The number of nitrogens with zero attached hydrogens (tertiary/aromatic N) is 3. The average Bonchev–Trinajstić information content (AvgIpc) is 3.56. The molecule has 4 nitrogen and oxygen atoms in total. The fourth-order valence-corrected chi connectivity index (χ4v) is 6.69. The van der Waals surface area contributed by atoms with Gasteiger partial charge in [0.15, 0.2) is 0 Å². The summed E-state index contributed by atoms with van der Waals surface area (Å²) < 4.78 is 0. The molecule has 1 N–H and O–H groups in total. The van der Waals surface area contributed by atoms with Crippen LogP contribution in [0.1, 0.15) is 17.2 Å². The molecule has 2 aromatic carbocycles. The molecule has 1 saturated heterocycles. The summed E-state index contributed by atoms with van der Waals surface area (Å²) in [6, 6.07) is 26.5. The van der Waals surface area contributed by atoms with Crippen molar-refractivity contribution in [2.24, 2.45) is 0 Å². The lowest BCUT2D eigenvalue weighted by atomic mass is 9.96. The molecule has 0 radical (unpaired) electrons. The summed E-state index contributed by atoms with van der Waals surface area (Å²) >= 11 is 3.49. The quantitative estimate of drug-likeness (QED) is 0.397. The van der Waals surface area contributed by atoms with Crippen LogP contribution in [-0.4, -0.2) is 36.1 Å². The zero-order valence-electron chi connectivity index (χ0n) is 18.2. The Hall–Kier alpha value is -3.06. The van der Waals surface area contributed by atoms with Crippen molar-refractivity contribution in [2.45, 2.75) is 6.04 Å². The maximum atomic E-state index is 4.78. The Morgan fingerprint density at radius 3 is 2.12 bits per heavy atom. The molecule has 1 fully saturated rings. The fraction of sp³-hybridized carbons (Fsp3) is 0.185. The van der Waals surface area contributed by atoms with Gasteiger partial charge in [0.25, 0.3) is 0 Å². The molecule has 1 aliphatic heterocycles. The molecule has 0 amide bonds. The van der Waals surface area contributed by atoms with E-state index >= 15 is 0 Å². The van der Waals surface area contributed by atoms with Crippen LogP contribution in [0.4, 0.5) is 5.82 Å². The number of rotatable bonds is 5. The smallest absolute Gasteiger partial charge is 0.141 e. The summed E-state index contributed by atoms with van der Waals surface area (Å²) in [6.45, 7) is 4.10. The number of piperazine rings is 1. The minimum Gasteiger partial charge on any atom is -0.345 e. The summed E-state index contributed by atoms with van der Waals surface area (Å²) in [5.41, 5.74) is 4.03. The van der Waals surface area contributed by atoms with Crippen LogP contribution in [0.15, 0.2) is 89.9 Å². The first-order valence-electron chi connectivity index (χ1n) is 11.3. The van der Waals surface area contributed by atoms with Crippen molar-refractivity contribution in [3.8, 4) is 10.4 Å². The largest absolute Gasteiger partial charge is 0.345 e. The molecule has 4 heterocycles. The highest BCUT2D eigenvalue weighted by molar-refractivity contribution is 7.18. The van der Waals surface area contributed by atoms with Crippen LogP contribution in [0.5, 0.6) is 0 Å². The highest BCUT2D eigenvalue weighted by Crippen LogP contribution is 2.39. The molecule has 6 heteroatoms. The van der Waals surface area contributed by atoms with Crippen LogP contribution in [0.3, 0.4) is 0 Å². The second-order valence-corrected chi connectivity index (χ2v) is 10.2. The molecule has 0 bridgehead atoms. The van der Waals surface area contributed by atoms with E-state index in [1.807, 2.05) is 0 Å². The predicted molar refractivity (Wildman–Crippen MR) is 138 cm³/mol. The maximum absolute atomic E-state index is 4.78. The van der Waals surface area contributed by atoms with E-state index in [0.29, 0.717) is 6.04 Å². The molecule has 1 aliphatic rings. The van der Waals surface area contributed by atoms with E-state index in [2.05, 4.69) is 93.4 Å². The average molecular weight is 470 g/mol. The minimum atomic E-state index is 0.350. The zero-order valence-corrected chi connectivity index (χ0v) is 19.9. The Kier molecular flexibility index (Phi) is 5.64. The van der Waals surface area contributed by atoms with Crippen molar-refractivity contribution in [3.63, 3.8) is 0 Å². The van der Waals surface area contributed by atoms with Crippen molar-refractivity contribution < 1.29 is 4.90 Å². The number of fused-ring (bicyclic) bond motifs is 1. The highest BCUT2D eigenvalue weighted by atomic mass is 32.1. The third-order valence-electron chi connectivity index (χ3n) is 6.52. The number of quaternary nitrogens is 1. The topological polar surface area (TPSA) is 33.5 Å². The number of hydrogen-bond acceptors (Lipinski definition) is 5. The summed E-state index contributed by atoms with van der Waals surface area (Å²) in [6.07, 6.45) is 1.72. The van der Waals surface area contributed by atoms with Crippen LogP contribution in [0, 0.1) is 0 Å². The van der Waals surface area contributed by atoms with E-state index in [1.165, 1.54) is 27.0 Å². The lowest BCUT2D eigenvalue weighted by Crippen LogP contribution is -3.15. The van der Waals surface area contributed by atoms with E-state index in [4.69, 9.17) is 4.98 Å². The van der Waals surface area contributed by atoms with Gasteiger partial charge in [0.05, 0.1) is 31.6 Å². The molecule has 5 aromatic rings. The van der Waals surface area contributed by atoms with Gasteiger partial charge in [0.1, 0.15) is 23.0 Å². The summed E-state index contributed by atoms with van der Waals surface area (Å²) in [5.74, 6) is 1.08. The number of thiophene rings is 2. The Labute approximate surface area is 201 Å². The maximum Gasteiger partial charge on any atom is 0.141 e. The second kappa shape index (κ2) is 9.06. The SMILES string of the molecule is c1ccc(C(c2ccccc2)[NH+]2CCN(c3ncnc4scc(-c5cccs5)c34)CC2)cc1. The van der Waals surface area contributed by atoms with Crippen LogP contribution in [0.2, 0.25) is 0 Å². The molecule has 33 heavy (non-hydrogen) atoms. The van der Waals surface area contributed by atoms with E-state index < -0.39 is 0 Å². The van der Waals surface area contributed by atoms with Crippen molar-refractivity contribution in [1.82, 2.24) is 9.97 Å². The van der Waals surface area contributed by atoms with Gasteiger partial charge in [-0.3, -0.25) is 0 Å². The number of anilines is 1. The monoisotopic (exact) mass is 469 g/mol. The molecule has 6 rings (SSSR count). The van der Waals surface area contributed by atoms with E-state index in [0.717, 1.165) is 36.8 Å². The van der Waals surface area contributed by atoms with E-state index in [-0.39, 0.29) is 0 Å². The summed E-state index contributed by atoms with van der Waals surface area (Å²) in [4.78, 5) is 15.8. The van der Waals surface area contributed by atoms with Gasteiger partial charge >= 0.3 is 0 Å². The van der Waals surface area contributed by atoms with Gasteiger partial charge in [0.2, 0.25) is 0 Å². The van der Waals surface area contributed by atoms with E-state index in [1.54, 1.807) is 33.9 Å². The fourth-order valence-electron chi connectivity index (χ4n) is 4.96. The molecular weight excluding hydrogens is 444 g/mol. The van der Waals surface area contributed by atoms with Crippen molar-refractivity contribution in [1.29, 1.82) is 0 Å². The first kappa shape index (κ1) is 20.5. The zero-order chi connectivity index (χ0) is 22.0. The van der Waals surface area contributed by atoms with Gasteiger partial charge in [-0.2, -0.15) is 0 Å². The summed E-state index contributed by atoms with van der Waals surface area (Å²) in [5, 5.41) is 5.57. The second-order valence-electron chi connectivity index (χ2n) is 8.40. The normalized spacial score (nSPS) is 14.9. The minimum absolute atomic E-state index is 0.350. The van der Waals surface area contributed by atoms with Gasteiger partial charge in [-0.1, -0.05) is 66.7 Å². The summed E-state index contributed by atoms with van der Waals surface area (Å²) in [7, 11) is 0. The van der Waals surface area contributed by atoms with Crippen molar-refractivity contribution in [2.75, 3.05) is 31.1 Å². The standard InChI is InChI=1S/C27H24N4S2/c1-3-8-20(9-4-1)25(21-10-5-2-6-11-21)30-13-15-31(16-14-30)26-24-22(23-12-7-17-32-23)18-33-27(24)29-19-28-26/h1-12,17-19,25H,13-16H2/p+1. The Bertz CT molecular complexity index is 1290. The van der Waals surface area contributed by atoms with Crippen LogP contribution >= 0.6 is 22.7 Å². The van der Waals surface area contributed by atoms with E-state index in [9.17, 15) is 0 Å². The molecule has 0 saturated carbocycles. The van der Waals surface area contributed by atoms with Gasteiger partial charge in [-0.15, -0.1) is 22.7 Å². The lowest BCUT2D eigenvalue weighted by molar-refractivity contribution is -0.926. The highest BCUT2D eigenvalue weighted by Gasteiger charge is 2.31. The van der Waals surface area contributed by atoms with Crippen molar-refractivity contribution in [3.05, 3.63) is 101 Å². The Morgan fingerprint density at radius 1 is 0.788 bits per heavy atom. The van der Waals surface area contributed by atoms with Crippen molar-refractivity contribution >= 4 is 38.7 Å². The number of benzene rings is 2. The first-order chi connectivity index (χ1) is 16.4. The number of aromatic nitrogens is 2. The van der Waals surface area contributed by atoms with Gasteiger partial charge < -0.3 is 9.80 Å². The molecular formula is C27H25N4S2+. The van der Waals surface area contributed by atoms with Gasteiger partial charge in [-0.25, -0.2) is 9.97 Å². The molecule has 164 valence electrons. The van der Waals surface area contributed by atoms with Gasteiger partial charge in [0, 0.05) is 26.9 Å². The Morgan fingerprint density at radius 2 is 1.48 bits per heavy atom. The number of hydrogen-bond donors (Lipinski definition) is 1. The van der Waals surface area contributed by atoms with Crippen LogP contribution in [-0.2, 0) is 0 Å². The third-order valence-corrected chi connectivity index (χ3v) is 8.31. The molecule has 0 atom stereocenters. The predicted octanol–water partition coefficient (Wildman–Crippen LogP) is 4.91. The third kappa shape index (κ3) is 3.95.